The molecule has 1 heterocycles. The van der Waals surface area contributed by atoms with Crippen LogP contribution in [0, 0.1) is 0 Å². The van der Waals surface area contributed by atoms with Gasteiger partial charge in [0, 0.05) is 11.4 Å². The van der Waals surface area contributed by atoms with Crippen LogP contribution in [0.5, 0.6) is 0 Å². The molecule has 19 heavy (non-hydrogen) atoms. The van der Waals surface area contributed by atoms with Crippen molar-refractivity contribution in [2.24, 2.45) is 0 Å². The molecule has 0 unspecified atom stereocenters. The van der Waals surface area contributed by atoms with Gasteiger partial charge in [-0.1, -0.05) is 31.0 Å². The van der Waals surface area contributed by atoms with E-state index in [4.69, 9.17) is 5.73 Å². The summed E-state index contributed by atoms with van der Waals surface area (Å²) in [6, 6.07) is 5.66. The van der Waals surface area contributed by atoms with Gasteiger partial charge in [0.2, 0.25) is 0 Å². The summed E-state index contributed by atoms with van der Waals surface area (Å²) in [5.41, 5.74) is 7.85. The number of rotatable bonds is 3. The van der Waals surface area contributed by atoms with E-state index in [1.807, 2.05) is 18.2 Å². The van der Waals surface area contributed by atoms with Crippen LogP contribution in [0.2, 0.25) is 0 Å². The Bertz CT molecular complexity index is 575. The molecule has 1 aliphatic rings. The highest BCUT2D eigenvalue weighted by molar-refractivity contribution is 7.99. The van der Waals surface area contributed by atoms with Crippen LogP contribution in [-0.2, 0) is 0 Å². The summed E-state index contributed by atoms with van der Waals surface area (Å²) < 4.78 is 0. The molecular weight excluding hydrogens is 258 g/mol. The van der Waals surface area contributed by atoms with Crippen molar-refractivity contribution in [1.29, 1.82) is 0 Å². The molecule has 0 bridgehead atoms. The summed E-state index contributed by atoms with van der Waals surface area (Å²) in [7, 11) is 0. The molecule has 1 aromatic heterocycles. The zero-order valence-corrected chi connectivity index (χ0v) is 11.7. The number of hydrogen-bond donors (Lipinski definition) is 3. The van der Waals surface area contributed by atoms with Gasteiger partial charge in [-0.05, 0) is 31.0 Å². The summed E-state index contributed by atoms with van der Waals surface area (Å²) >= 11 is 1.60. The van der Waals surface area contributed by atoms with Crippen molar-refractivity contribution in [2.45, 2.75) is 42.9 Å². The van der Waals surface area contributed by atoms with Crippen molar-refractivity contribution in [3.05, 3.63) is 18.2 Å². The van der Waals surface area contributed by atoms with Gasteiger partial charge in [-0.3, -0.25) is 0 Å². The lowest BCUT2D eigenvalue weighted by Crippen LogP contribution is -2.34. The number of nitrogens with one attached hydrogen (secondary N) is 1. The van der Waals surface area contributed by atoms with Crippen LogP contribution in [0.3, 0.4) is 0 Å². The third-order valence-electron chi connectivity index (χ3n) is 3.75. The largest absolute Gasteiger partial charge is 0.399 e. The van der Waals surface area contributed by atoms with Crippen molar-refractivity contribution < 1.29 is 5.11 Å². The van der Waals surface area contributed by atoms with Gasteiger partial charge in [0.15, 0.2) is 5.16 Å². The average molecular weight is 277 g/mol. The normalized spacial score (nSPS) is 18.8. The Labute approximate surface area is 116 Å². The van der Waals surface area contributed by atoms with Crippen LogP contribution in [0.25, 0.3) is 11.0 Å². The van der Waals surface area contributed by atoms with E-state index >= 15 is 0 Å². The van der Waals surface area contributed by atoms with E-state index in [1.165, 1.54) is 6.42 Å². The number of thioether (sulfide) groups is 1. The first kappa shape index (κ1) is 12.8. The van der Waals surface area contributed by atoms with Gasteiger partial charge in [0.25, 0.3) is 0 Å². The third-order valence-corrected chi connectivity index (χ3v) is 4.89. The van der Waals surface area contributed by atoms with Gasteiger partial charge in [0.1, 0.15) is 0 Å². The maximum absolute atomic E-state index is 10.5. The van der Waals surface area contributed by atoms with Crippen molar-refractivity contribution in [1.82, 2.24) is 9.97 Å². The van der Waals surface area contributed by atoms with Crippen LogP contribution < -0.4 is 5.73 Å². The lowest BCUT2D eigenvalue weighted by Gasteiger charge is -2.31. The van der Waals surface area contributed by atoms with Gasteiger partial charge in [0.05, 0.1) is 16.6 Å². The van der Waals surface area contributed by atoms with Crippen molar-refractivity contribution >= 4 is 28.5 Å². The molecule has 0 aliphatic heterocycles. The summed E-state index contributed by atoms with van der Waals surface area (Å²) in [5, 5.41) is 11.3. The number of fused-ring (bicyclic) bond motifs is 1. The average Bonchev–Trinajstić information content (AvgIpc) is 2.79. The Morgan fingerprint density at radius 1 is 1.32 bits per heavy atom. The highest BCUT2D eigenvalue weighted by Gasteiger charge is 2.29. The maximum atomic E-state index is 10.5. The molecule has 1 saturated carbocycles. The van der Waals surface area contributed by atoms with Gasteiger partial charge in [-0.15, -0.1) is 0 Å². The first-order valence-corrected chi connectivity index (χ1v) is 7.74. The van der Waals surface area contributed by atoms with Crippen LogP contribution in [-0.4, -0.2) is 26.4 Å². The number of hydrogen-bond acceptors (Lipinski definition) is 4. The summed E-state index contributed by atoms with van der Waals surface area (Å²) in [4.78, 5) is 7.76. The Kier molecular flexibility index (Phi) is 3.41. The van der Waals surface area contributed by atoms with Crippen LogP contribution in [0.4, 0.5) is 5.69 Å². The molecule has 5 heteroatoms. The SMILES string of the molecule is Nc1ccc2nc(SCC3(O)CCCCC3)[nH]c2c1. The molecule has 0 saturated heterocycles. The molecule has 102 valence electrons. The van der Waals surface area contributed by atoms with Gasteiger partial charge >= 0.3 is 0 Å². The van der Waals surface area contributed by atoms with E-state index in [2.05, 4.69) is 9.97 Å². The lowest BCUT2D eigenvalue weighted by molar-refractivity contribution is 0.0272. The van der Waals surface area contributed by atoms with Crippen LogP contribution in [0.1, 0.15) is 32.1 Å². The van der Waals surface area contributed by atoms with Gasteiger partial charge < -0.3 is 15.8 Å². The minimum Gasteiger partial charge on any atom is -0.399 e. The molecule has 4 nitrogen and oxygen atoms in total. The quantitative estimate of drug-likeness (QED) is 0.595. The third kappa shape index (κ3) is 2.87. The molecule has 4 N–H and O–H groups in total. The zero-order chi connectivity index (χ0) is 13.3. The number of nitrogens with zero attached hydrogens (tertiary/aromatic N) is 1. The summed E-state index contributed by atoms with van der Waals surface area (Å²) in [6.45, 7) is 0. The second kappa shape index (κ2) is 5.06. The number of imidazole rings is 1. The Morgan fingerprint density at radius 3 is 2.89 bits per heavy atom. The van der Waals surface area contributed by atoms with E-state index in [-0.39, 0.29) is 0 Å². The van der Waals surface area contributed by atoms with Crippen molar-refractivity contribution in [2.75, 3.05) is 11.5 Å². The number of H-pyrrole nitrogens is 1. The predicted octanol–water partition coefficient (Wildman–Crippen LogP) is 2.93. The zero-order valence-electron chi connectivity index (χ0n) is 10.9. The molecule has 3 rings (SSSR count). The van der Waals surface area contributed by atoms with E-state index in [0.29, 0.717) is 5.75 Å². The van der Waals surface area contributed by atoms with E-state index in [0.717, 1.165) is 47.6 Å². The number of aliphatic hydroxyl groups is 1. The minimum atomic E-state index is -0.513. The predicted molar refractivity (Wildman–Crippen MR) is 79.3 cm³/mol. The fourth-order valence-corrected chi connectivity index (χ4v) is 3.67. The number of aromatic nitrogens is 2. The first-order chi connectivity index (χ1) is 9.15. The van der Waals surface area contributed by atoms with Gasteiger partial charge in [-0.25, -0.2) is 4.98 Å². The van der Waals surface area contributed by atoms with Crippen molar-refractivity contribution in [3.63, 3.8) is 0 Å². The summed E-state index contributed by atoms with van der Waals surface area (Å²) in [6.07, 6.45) is 5.33. The fourth-order valence-electron chi connectivity index (χ4n) is 2.63. The number of aromatic amines is 1. The molecule has 1 aliphatic carbocycles. The van der Waals surface area contributed by atoms with E-state index < -0.39 is 5.60 Å². The highest BCUT2D eigenvalue weighted by atomic mass is 32.2. The Balaban J connectivity index is 1.71. The fraction of sp³-hybridized carbons (Fsp3) is 0.500. The second-order valence-corrected chi connectivity index (χ2v) is 6.36. The monoisotopic (exact) mass is 277 g/mol. The Hall–Kier alpha value is -1.20. The van der Waals surface area contributed by atoms with Crippen LogP contribution >= 0.6 is 11.8 Å². The molecule has 0 radical (unpaired) electrons. The molecule has 2 aromatic rings. The topological polar surface area (TPSA) is 74.9 Å². The first-order valence-electron chi connectivity index (χ1n) is 6.75. The standard InChI is InChI=1S/C14H19N3OS/c15-10-4-5-11-12(8-10)17-13(16-11)19-9-14(18)6-2-1-3-7-14/h4-5,8,18H,1-3,6-7,9,15H2,(H,16,17). The number of benzene rings is 1. The van der Waals surface area contributed by atoms with Crippen molar-refractivity contribution in [3.8, 4) is 0 Å². The number of anilines is 1. The molecule has 0 atom stereocenters. The van der Waals surface area contributed by atoms with Gasteiger partial charge in [-0.2, -0.15) is 0 Å². The molecule has 1 aromatic carbocycles. The van der Waals surface area contributed by atoms with Crippen LogP contribution in [0.15, 0.2) is 23.4 Å². The lowest BCUT2D eigenvalue weighted by atomic mass is 9.86. The van der Waals surface area contributed by atoms with E-state index in [1.54, 1.807) is 11.8 Å². The summed E-state index contributed by atoms with van der Waals surface area (Å²) in [5.74, 6) is 0.711. The number of nitrogen functional groups attached to an aromatic ring is 1. The van der Waals surface area contributed by atoms with E-state index in [9.17, 15) is 5.11 Å². The Morgan fingerprint density at radius 2 is 2.11 bits per heavy atom. The molecule has 0 amide bonds. The molecule has 1 fully saturated rings. The minimum absolute atomic E-state index is 0.513. The molecular formula is C14H19N3OS. The molecule has 0 spiro atoms. The smallest absolute Gasteiger partial charge is 0.166 e. The second-order valence-electron chi connectivity index (χ2n) is 5.39. The highest BCUT2D eigenvalue weighted by Crippen LogP contribution is 2.33. The maximum Gasteiger partial charge on any atom is 0.166 e. The number of nitrogens with two attached hydrogens (primary N) is 1.